The van der Waals surface area contributed by atoms with Gasteiger partial charge in [0.2, 0.25) is 0 Å². The number of phenolic OH excluding ortho intramolecular Hbond substituents is 1. The number of piperidine rings is 1. The van der Waals surface area contributed by atoms with E-state index in [1.165, 1.54) is 22.9 Å². The number of benzene rings is 3. The van der Waals surface area contributed by atoms with E-state index in [4.69, 9.17) is 4.74 Å². The highest BCUT2D eigenvalue weighted by Gasteiger charge is 2.73. The summed E-state index contributed by atoms with van der Waals surface area (Å²) in [4.78, 5) is 4.81. The highest BCUT2D eigenvalue weighted by molar-refractivity contribution is 7.85. The Hall–Kier alpha value is -3.11. The molecule has 2 unspecified atom stereocenters. The monoisotopic (exact) mass is 588 g/mol. The van der Waals surface area contributed by atoms with E-state index in [2.05, 4.69) is 46.2 Å². The third-order valence-electron chi connectivity index (χ3n) is 11.0. The lowest BCUT2D eigenvalue weighted by Crippen LogP contribution is -2.78. The zero-order valence-electron chi connectivity index (χ0n) is 23.4. The van der Waals surface area contributed by atoms with Gasteiger partial charge in [-0.25, -0.2) is 0 Å². The first kappa shape index (κ1) is 26.5. The zero-order chi connectivity index (χ0) is 28.9. The molecule has 2 bridgehead atoms. The van der Waals surface area contributed by atoms with E-state index in [-0.39, 0.29) is 17.8 Å². The van der Waals surface area contributed by atoms with Crippen molar-refractivity contribution in [1.82, 2.24) is 4.90 Å². The molecule has 3 N–H and O–H groups in total. The summed E-state index contributed by atoms with van der Waals surface area (Å²) in [7, 11) is -4.35. The number of likely N-dealkylation sites (tertiary alicyclic amines) is 1. The number of fused-ring (bicyclic) bond motifs is 1. The van der Waals surface area contributed by atoms with Gasteiger partial charge in [0, 0.05) is 30.4 Å². The summed E-state index contributed by atoms with van der Waals surface area (Å²) >= 11 is 0. The highest BCUT2D eigenvalue weighted by Crippen LogP contribution is 2.66. The van der Waals surface area contributed by atoms with Crippen LogP contribution in [0.4, 0.5) is 5.69 Å². The van der Waals surface area contributed by atoms with Crippen LogP contribution in [0.3, 0.4) is 0 Å². The first-order valence-corrected chi connectivity index (χ1v) is 16.7. The molecule has 3 aliphatic heterocycles. The van der Waals surface area contributed by atoms with Crippen LogP contribution in [0.1, 0.15) is 47.1 Å². The smallest absolute Gasteiger partial charge is 0.269 e. The van der Waals surface area contributed by atoms with Gasteiger partial charge in [-0.3, -0.25) is 9.45 Å². The van der Waals surface area contributed by atoms with Crippen molar-refractivity contribution in [2.24, 2.45) is 0 Å². The topological polar surface area (TPSA) is 111 Å². The average molecular weight is 589 g/mol. The first-order valence-electron chi connectivity index (χ1n) is 15.0. The number of hydrogen-bond acceptors (Lipinski definition) is 7. The third-order valence-corrected chi connectivity index (χ3v) is 11.6. The maximum Gasteiger partial charge on any atom is 0.269 e. The number of nitrogens with zero attached hydrogens (tertiary/aromatic N) is 2. The van der Waals surface area contributed by atoms with Crippen molar-refractivity contribution in [2.75, 3.05) is 24.5 Å². The van der Waals surface area contributed by atoms with Crippen molar-refractivity contribution in [3.63, 3.8) is 0 Å². The molecule has 3 heterocycles. The van der Waals surface area contributed by atoms with Crippen molar-refractivity contribution in [3.05, 3.63) is 88.5 Å². The maximum absolute atomic E-state index is 13.0. The van der Waals surface area contributed by atoms with Crippen LogP contribution in [0.15, 0.2) is 60.7 Å². The Kier molecular flexibility index (Phi) is 5.80. The molecular formula is C33H36N2O6S. The van der Waals surface area contributed by atoms with Gasteiger partial charge in [0.05, 0.1) is 17.1 Å². The Morgan fingerprint density at radius 3 is 2.62 bits per heavy atom. The fraction of sp³-hybridized carbons (Fsp3) is 0.455. The second-order valence-electron chi connectivity index (χ2n) is 12.8. The molecule has 3 aromatic carbocycles. The van der Waals surface area contributed by atoms with E-state index < -0.39 is 33.0 Å². The molecule has 2 aliphatic carbocycles. The molecule has 2 fully saturated rings. The summed E-state index contributed by atoms with van der Waals surface area (Å²) in [5, 5.41) is 24.2. The van der Waals surface area contributed by atoms with E-state index >= 15 is 0 Å². The van der Waals surface area contributed by atoms with Crippen LogP contribution in [-0.4, -0.2) is 71.5 Å². The molecular weight excluding hydrogens is 552 g/mol. The highest BCUT2D eigenvalue weighted by atomic mass is 32.2. The van der Waals surface area contributed by atoms with E-state index in [1.807, 2.05) is 18.2 Å². The molecule has 3 aromatic rings. The van der Waals surface area contributed by atoms with Gasteiger partial charge >= 0.3 is 0 Å². The Morgan fingerprint density at radius 2 is 1.81 bits per heavy atom. The van der Waals surface area contributed by atoms with Crippen molar-refractivity contribution in [2.45, 2.75) is 73.5 Å². The van der Waals surface area contributed by atoms with Gasteiger partial charge in [-0.1, -0.05) is 48.5 Å². The molecule has 8 nitrogen and oxygen atoms in total. The Labute approximate surface area is 246 Å². The van der Waals surface area contributed by atoms with Crippen molar-refractivity contribution >= 4 is 15.8 Å². The fourth-order valence-corrected chi connectivity index (χ4v) is 9.95. The van der Waals surface area contributed by atoms with Gasteiger partial charge in [-0.2, -0.15) is 8.42 Å². The molecule has 42 heavy (non-hydrogen) atoms. The first-order chi connectivity index (χ1) is 20.2. The van der Waals surface area contributed by atoms with Crippen LogP contribution < -0.4 is 9.64 Å². The SMILES string of the molecule is O=S(=O)(O)Cc1cc(O)c2c3c1CC1N(CCc4ccccc4)CC[C@@]34[C@@H](O2)[C@H](N2CCc3ccccc32)CCC14O. The van der Waals surface area contributed by atoms with E-state index in [0.717, 1.165) is 50.0 Å². The maximum atomic E-state index is 13.0. The predicted octanol–water partition coefficient (Wildman–Crippen LogP) is 3.61. The summed E-state index contributed by atoms with van der Waals surface area (Å²) in [6.45, 7) is 2.41. The van der Waals surface area contributed by atoms with Gasteiger partial charge in [-0.05, 0) is 79.5 Å². The minimum absolute atomic E-state index is 0.00628. The fourth-order valence-electron chi connectivity index (χ4n) is 9.30. The number of ether oxygens (including phenoxy) is 1. The Bertz CT molecular complexity index is 1680. The van der Waals surface area contributed by atoms with E-state index in [9.17, 15) is 23.2 Å². The summed E-state index contributed by atoms with van der Waals surface area (Å²) in [6.07, 6.45) is 3.82. The minimum Gasteiger partial charge on any atom is -0.504 e. The van der Waals surface area contributed by atoms with E-state index in [1.54, 1.807) is 0 Å². The van der Waals surface area contributed by atoms with E-state index in [0.29, 0.717) is 30.6 Å². The van der Waals surface area contributed by atoms with Crippen LogP contribution >= 0.6 is 0 Å². The van der Waals surface area contributed by atoms with Gasteiger partial charge in [-0.15, -0.1) is 0 Å². The van der Waals surface area contributed by atoms with Crippen molar-refractivity contribution in [3.8, 4) is 11.5 Å². The summed E-state index contributed by atoms with van der Waals surface area (Å²) in [6, 6.07) is 20.0. The Balaban J connectivity index is 1.26. The second kappa shape index (κ2) is 9.19. The largest absolute Gasteiger partial charge is 0.504 e. The van der Waals surface area contributed by atoms with Gasteiger partial charge in [0.15, 0.2) is 11.5 Å². The molecule has 1 saturated carbocycles. The minimum atomic E-state index is -4.35. The number of phenols is 1. The Morgan fingerprint density at radius 1 is 1.02 bits per heavy atom. The molecule has 1 spiro atoms. The molecule has 5 aliphatic rings. The standard InChI is InChI=1S/C33H36N2O6S/c36-27-18-23(20-42(38,39)40)24-19-28-33(37)13-10-26(35-16-12-22-8-4-5-9-25(22)35)31-32(33,29(24)30(27)41-31)14-17-34(28)15-11-21-6-2-1-3-7-21/h1-9,18,26,28,31,36-37H,10-17,19-20H2,(H,38,39,40)/t26-,28?,31+,32+,33?/m1/s1. The molecule has 9 heteroatoms. The number of para-hydroxylation sites is 1. The lowest BCUT2D eigenvalue weighted by atomic mass is 9.48. The lowest BCUT2D eigenvalue weighted by Gasteiger charge is -2.65. The second-order valence-corrected chi connectivity index (χ2v) is 14.3. The van der Waals surface area contributed by atoms with Crippen LogP contribution in [-0.2, 0) is 40.5 Å². The number of anilines is 1. The molecule has 220 valence electrons. The zero-order valence-corrected chi connectivity index (χ0v) is 24.3. The predicted molar refractivity (Wildman–Crippen MR) is 159 cm³/mol. The number of aromatic hydroxyl groups is 1. The van der Waals surface area contributed by atoms with Crippen molar-refractivity contribution < 1.29 is 27.9 Å². The number of hydrogen-bond donors (Lipinski definition) is 3. The molecule has 1 saturated heterocycles. The summed E-state index contributed by atoms with van der Waals surface area (Å²) in [5.41, 5.74) is 3.80. The van der Waals surface area contributed by atoms with Crippen molar-refractivity contribution in [1.29, 1.82) is 0 Å². The molecule has 8 rings (SSSR count). The molecule has 0 aromatic heterocycles. The van der Waals surface area contributed by atoms with Crippen LogP contribution in [0.5, 0.6) is 11.5 Å². The quantitative estimate of drug-likeness (QED) is 0.375. The van der Waals surface area contributed by atoms with Crippen LogP contribution in [0.2, 0.25) is 0 Å². The number of aliphatic hydroxyl groups is 1. The lowest BCUT2D eigenvalue weighted by molar-refractivity contribution is -0.188. The van der Waals surface area contributed by atoms with Gasteiger partial charge in [0.25, 0.3) is 10.1 Å². The van der Waals surface area contributed by atoms with Crippen LogP contribution in [0, 0.1) is 0 Å². The normalized spacial score (nSPS) is 31.0. The summed E-state index contributed by atoms with van der Waals surface area (Å²) < 4.78 is 40.9. The average Bonchev–Trinajstić information content (AvgIpc) is 3.54. The van der Waals surface area contributed by atoms with Crippen LogP contribution in [0.25, 0.3) is 0 Å². The molecule has 0 radical (unpaired) electrons. The van der Waals surface area contributed by atoms with Gasteiger partial charge < -0.3 is 19.8 Å². The summed E-state index contributed by atoms with van der Waals surface area (Å²) in [5.74, 6) is -0.325. The molecule has 5 atom stereocenters. The van der Waals surface area contributed by atoms with Gasteiger partial charge in [0.1, 0.15) is 11.9 Å². The third kappa shape index (κ3) is 3.66. The molecule has 0 amide bonds. The number of rotatable bonds is 6.